The van der Waals surface area contributed by atoms with Crippen LogP contribution in [0.15, 0.2) is 30.6 Å². The van der Waals surface area contributed by atoms with Gasteiger partial charge in [-0.3, -0.25) is 0 Å². The molecule has 4 nitrogen and oxygen atoms in total. The predicted octanol–water partition coefficient (Wildman–Crippen LogP) is 2.67. The monoisotopic (exact) mass is 244 g/mol. The number of rotatable bonds is 3. The maximum atomic E-state index is 11.5. The molecule has 0 aliphatic carbocycles. The van der Waals surface area contributed by atoms with Gasteiger partial charge in [-0.15, -0.1) is 0 Å². The number of nitrogens with zero attached hydrogens (tertiary/aromatic N) is 2. The third-order valence-electron chi connectivity index (χ3n) is 2.56. The Morgan fingerprint density at radius 2 is 1.94 bits per heavy atom. The lowest BCUT2D eigenvalue weighted by Gasteiger charge is -2.04. The molecule has 0 saturated heterocycles. The first-order chi connectivity index (χ1) is 8.60. The maximum Gasteiger partial charge on any atom is 0.341 e. The van der Waals surface area contributed by atoms with Crippen LogP contribution in [0.25, 0.3) is 5.69 Å². The molecule has 0 unspecified atom stereocenters. The smallest absolute Gasteiger partial charge is 0.341 e. The van der Waals surface area contributed by atoms with Gasteiger partial charge in [-0.05, 0) is 44.0 Å². The Kier molecular flexibility index (Phi) is 3.46. The Morgan fingerprint density at radius 3 is 2.56 bits per heavy atom. The molecule has 94 valence electrons. The van der Waals surface area contributed by atoms with Crippen molar-refractivity contribution in [1.29, 1.82) is 0 Å². The molecular weight excluding hydrogens is 228 g/mol. The fraction of sp³-hybridized carbons (Fsp3) is 0.286. The highest BCUT2D eigenvalue weighted by atomic mass is 16.5. The molecule has 0 radical (unpaired) electrons. The highest BCUT2D eigenvalue weighted by molar-refractivity contribution is 5.88. The van der Waals surface area contributed by atoms with E-state index < -0.39 is 0 Å². The van der Waals surface area contributed by atoms with Gasteiger partial charge in [-0.1, -0.05) is 6.07 Å². The van der Waals surface area contributed by atoms with E-state index in [2.05, 4.69) is 11.2 Å². The third-order valence-corrected chi connectivity index (χ3v) is 2.56. The number of aromatic nitrogens is 2. The van der Waals surface area contributed by atoms with Crippen molar-refractivity contribution in [2.45, 2.75) is 20.8 Å². The zero-order valence-electron chi connectivity index (χ0n) is 10.8. The van der Waals surface area contributed by atoms with E-state index in [-0.39, 0.29) is 5.97 Å². The van der Waals surface area contributed by atoms with Gasteiger partial charge in [0, 0.05) is 6.20 Å². The van der Waals surface area contributed by atoms with Gasteiger partial charge in [0.05, 0.1) is 24.1 Å². The summed E-state index contributed by atoms with van der Waals surface area (Å²) in [4.78, 5) is 11.5. The minimum absolute atomic E-state index is 0.340. The summed E-state index contributed by atoms with van der Waals surface area (Å²) in [6.07, 6.45) is 3.21. The molecular formula is C14H16N2O2. The molecule has 0 aliphatic rings. The largest absolute Gasteiger partial charge is 0.462 e. The van der Waals surface area contributed by atoms with E-state index in [0.29, 0.717) is 12.2 Å². The number of hydrogen-bond donors (Lipinski definition) is 0. The standard InChI is InChI=1S/C14H16N2O2/c1-4-18-14(17)12-8-15-16(9-12)13-6-10(2)5-11(3)7-13/h5-9H,4H2,1-3H3. The van der Waals surface area contributed by atoms with Crippen molar-refractivity contribution in [2.24, 2.45) is 0 Å². The molecule has 1 heterocycles. The Labute approximate surface area is 106 Å². The molecule has 0 bridgehead atoms. The van der Waals surface area contributed by atoms with Gasteiger partial charge in [0.2, 0.25) is 0 Å². The van der Waals surface area contributed by atoms with Crippen LogP contribution in [-0.4, -0.2) is 22.4 Å². The topological polar surface area (TPSA) is 44.1 Å². The van der Waals surface area contributed by atoms with Crippen LogP contribution in [0, 0.1) is 13.8 Å². The summed E-state index contributed by atoms with van der Waals surface area (Å²) in [5.74, 6) is -0.340. The van der Waals surface area contributed by atoms with E-state index in [0.717, 1.165) is 16.8 Å². The number of ether oxygens (including phenoxy) is 1. The number of hydrogen-bond acceptors (Lipinski definition) is 3. The number of carbonyl (C=O) groups is 1. The quantitative estimate of drug-likeness (QED) is 0.780. The van der Waals surface area contributed by atoms with Gasteiger partial charge < -0.3 is 4.74 Å². The van der Waals surface area contributed by atoms with E-state index in [4.69, 9.17) is 4.74 Å². The number of benzene rings is 1. The van der Waals surface area contributed by atoms with Gasteiger partial charge in [0.15, 0.2) is 0 Å². The lowest BCUT2D eigenvalue weighted by molar-refractivity contribution is 0.0526. The molecule has 2 rings (SSSR count). The number of esters is 1. The summed E-state index contributed by atoms with van der Waals surface area (Å²) in [5.41, 5.74) is 3.75. The highest BCUT2D eigenvalue weighted by Gasteiger charge is 2.10. The fourth-order valence-electron chi connectivity index (χ4n) is 1.87. The van der Waals surface area contributed by atoms with E-state index in [1.54, 1.807) is 17.8 Å². The average molecular weight is 244 g/mol. The van der Waals surface area contributed by atoms with E-state index in [1.807, 2.05) is 26.0 Å². The van der Waals surface area contributed by atoms with Gasteiger partial charge in [-0.25, -0.2) is 9.48 Å². The molecule has 0 spiro atoms. The second kappa shape index (κ2) is 5.04. The molecule has 4 heteroatoms. The summed E-state index contributed by atoms with van der Waals surface area (Å²) < 4.78 is 6.62. The Morgan fingerprint density at radius 1 is 1.28 bits per heavy atom. The van der Waals surface area contributed by atoms with Crippen molar-refractivity contribution >= 4 is 5.97 Å². The van der Waals surface area contributed by atoms with E-state index in [1.165, 1.54) is 6.20 Å². The van der Waals surface area contributed by atoms with Crippen LogP contribution in [0.2, 0.25) is 0 Å². The van der Waals surface area contributed by atoms with Gasteiger partial charge in [-0.2, -0.15) is 5.10 Å². The van der Waals surface area contributed by atoms with E-state index in [9.17, 15) is 4.79 Å². The Hall–Kier alpha value is -2.10. The molecule has 0 fully saturated rings. The SMILES string of the molecule is CCOC(=O)c1cnn(-c2cc(C)cc(C)c2)c1. The fourth-order valence-corrected chi connectivity index (χ4v) is 1.87. The van der Waals surface area contributed by atoms with Crippen LogP contribution in [0.1, 0.15) is 28.4 Å². The molecule has 0 aliphatic heterocycles. The zero-order valence-corrected chi connectivity index (χ0v) is 10.8. The normalized spacial score (nSPS) is 10.4. The lowest BCUT2D eigenvalue weighted by atomic mass is 10.1. The molecule has 1 aromatic carbocycles. The molecule has 1 aromatic heterocycles. The molecule has 18 heavy (non-hydrogen) atoms. The van der Waals surface area contributed by atoms with Gasteiger partial charge >= 0.3 is 5.97 Å². The summed E-state index contributed by atoms with van der Waals surface area (Å²) in [6.45, 7) is 6.22. The lowest BCUT2D eigenvalue weighted by Crippen LogP contribution is -2.03. The first kappa shape index (κ1) is 12.4. The minimum Gasteiger partial charge on any atom is -0.462 e. The summed E-state index contributed by atoms with van der Waals surface area (Å²) in [5, 5.41) is 4.19. The maximum absolute atomic E-state index is 11.5. The van der Waals surface area contributed by atoms with Crippen LogP contribution >= 0.6 is 0 Å². The first-order valence-corrected chi connectivity index (χ1v) is 5.90. The van der Waals surface area contributed by atoms with Crippen molar-refractivity contribution < 1.29 is 9.53 Å². The van der Waals surface area contributed by atoms with Crippen LogP contribution in [0.4, 0.5) is 0 Å². The van der Waals surface area contributed by atoms with Crippen LogP contribution < -0.4 is 0 Å². The van der Waals surface area contributed by atoms with Crippen molar-refractivity contribution in [3.8, 4) is 5.69 Å². The highest BCUT2D eigenvalue weighted by Crippen LogP contribution is 2.14. The summed E-state index contributed by atoms with van der Waals surface area (Å²) in [7, 11) is 0. The minimum atomic E-state index is -0.340. The zero-order chi connectivity index (χ0) is 13.1. The molecule has 2 aromatic rings. The van der Waals surface area contributed by atoms with E-state index >= 15 is 0 Å². The average Bonchev–Trinajstić information content (AvgIpc) is 2.77. The molecule has 0 amide bonds. The predicted molar refractivity (Wildman–Crippen MR) is 69.0 cm³/mol. The van der Waals surface area contributed by atoms with Crippen LogP contribution in [-0.2, 0) is 4.74 Å². The van der Waals surface area contributed by atoms with Crippen molar-refractivity contribution in [1.82, 2.24) is 9.78 Å². The Balaban J connectivity index is 2.32. The van der Waals surface area contributed by atoms with Gasteiger partial charge in [0.25, 0.3) is 0 Å². The van der Waals surface area contributed by atoms with Crippen molar-refractivity contribution in [2.75, 3.05) is 6.61 Å². The van der Waals surface area contributed by atoms with Crippen molar-refractivity contribution in [3.05, 3.63) is 47.3 Å². The number of aryl methyl sites for hydroxylation is 2. The second-order valence-electron chi connectivity index (χ2n) is 4.24. The first-order valence-electron chi connectivity index (χ1n) is 5.90. The van der Waals surface area contributed by atoms with Gasteiger partial charge in [0.1, 0.15) is 0 Å². The van der Waals surface area contributed by atoms with Crippen LogP contribution in [0.3, 0.4) is 0 Å². The Bertz CT molecular complexity index is 553. The molecule has 0 N–H and O–H groups in total. The van der Waals surface area contributed by atoms with Crippen molar-refractivity contribution in [3.63, 3.8) is 0 Å². The molecule has 0 saturated carbocycles. The summed E-state index contributed by atoms with van der Waals surface area (Å²) in [6, 6.07) is 6.14. The third kappa shape index (κ3) is 2.59. The summed E-state index contributed by atoms with van der Waals surface area (Å²) >= 11 is 0. The number of carbonyl (C=O) groups excluding carboxylic acids is 1. The van der Waals surface area contributed by atoms with Crippen LogP contribution in [0.5, 0.6) is 0 Å². The second-order valence-corrected chi connectivity index (χ2v) is 4.24. The molecule has 0 atom stereocenters.